The number of carbonyl (C=O) groups is 1. The molecule has 0 saturated carbocycles. The number of ether oxygens (including phenoxy) is 1. The van der Waals surface area contributed by atoms with Crippen LogP contribution in [-0.2, 0) is 28.5 Å². The molecular formula is C18H21F5N2O2. The minimum Gasteiger partial charge on any atom is -0.381 e. The third-order valence-corrected chi connectivity index (χ3v) is 4.19. The van der Waals surface area contributed by atoms with E-state index in [-0.39, 0.29) is 25.3 Å². The van der Waals surface area contributed by atoms with Gasteiger partial charge < -0.3 is 19.8 Å². The zero-order valence-electron chi connectivity index (χ0n) is 13.8. The van der Waals surface area contributed by atoms with E-state index in [0.717, 1.165) is 17.7 Å². The summed E-state index contributed by atoms with van der Waals surface area (Å²) in [6.07, 6.45) is -1.14. The quantitative estimate of drug-likeness (QED) is 0.722. The van der Waals surface area contributed by atoms with Crippen molar-refractivity contribution in [2.75, 3.05) is 12.4 Å². The first-order valence-electron chi connectivity index (χ1n) is 7.63. The summed E-state index contributed by atoms with van der Waals surface area (Å²) in [5.74, 6) is -2.68. The Hall–Kier alpha value is -2.42. The number of alkyl halides is 3. The fourth-order valence-corrected chi connectivity index (χ4v) is 2.92. The van der Waals surface area contributed by atoms with Crippen molar-refractivity contribution >= 4 is 18.2 Å². The topological polar surface area (TPSA) is 54.1 Å². The van der Waals surface area contributed by atoms with Crippen LogP contribution in [0.5, 0.6) is 0 Å². The molecule has 0 amide bonds. The highest BCUT2D eigenvalue weighted by Gasteiger charge is 2.35. The Labute approximate surface area is 153 Å². The first-order chi connectivity index (χ1) is 12.3. The highest BCUT2D eigenvalue weighted by atomic mass is 19.4. The Balaban J connectivity index is 0.00000118. The summed E-state index contributed by atoms with van der Waals surface area (Å²) in [6, 6.07) is 0.691. The Morgan fingerprint density at radius 2 is 1.85 bits per heavy atom. The van der Waals surface area contributed by atoms with E-state index in [1.54, 1.807) is 13.3 Å². The number of hydrogen-bond acceptors (Lipinski definition) is 3. The van der Waals surface area contributed by atoms with E-state index >= 15 is 0 Å². The fraction of sp³-hybridized carbons (Fsp3) is 0.389. The summed E-state index contributed by atoms with van der Waals surface area (Å²) in [6.45, 7) is 2.00. The predicted octanol–water partition coefficient (Wildman–Crippen LogP) is 5.01. The average Bonchev–Trinajstić information content (AvgIpc) is 3.00. The van der Waals surface area contributed by atoms with Gasteiger partial charge in [-0.05, 0) is 24.5 Å². The van der Waals surface area contributed by atoms with Crippen molar-refractivity contribution in [3.05, 3.63) is 46.8 Å². The predicted molar refractivity (Wildman–Crippen MR) is 92.1 cm³/mol. The van der Waals surface area contributed by atoms with Gasteiger partial charge in [-0.25, -0.2) is 8.78 Å². The van der Waals surface area contributed by atoms with Gasteiger partial charge >= 0.3 is 6.18 Å². The Morgan fingerprint density at radius 1 is 1.19 bits per heavy atom. The number of aromatic nitrogens is 1. The van der Waals surface area contributed by atoms with E-state index in [2.05, 4.69) is 10.3 Å². The molecule has 1 aliphatic rings. The van der Waals surface area contributed by atoms with Crippen LogP contribution in [0.15, 0.2) is 18.3 Å². The summed E-state index contributed by atoms with van der Waals surface area (Å²) < 4.78 is 70.6. The second-order valence-corrected chi connectivity index (χ2v) is 5.69. The molecule has 1 atom stereocenters. The van der Waals surface area contributed by atoms with Crippen molar-refractivity contribution in [3.8, 4) is 0 Å². The largest absolute Gasteiger partial charge is 0.419 e. The van der Waals surface area contributed by atoms with Gasteiger partial charge in [0.25, 0.3) is 0 Å². The highest BCUT2D eigenvalue weighted by molar-refractivity contribution is 5.65. The molecule has 0 aliphatic heterocycles. The molecule has 1 aromatic carbocycles. The second kappa shape index (κ2) is 8.98. The van der Waals surface area contributed by atoms with E-state index in [1.807, 2.05) is 6.79 Å². The van der Waals surface area contributed by atoms with Crippen molar-refractivity contribution in [1.82, 2.24) is 4.98 Å². The minimum absolute atomic E-state index is 0. The van der Waals surface area contributed by atoms with Crippen LogP contribution in [0.3, 0.4) is 0 Å². The molecule has 2 N–H and O–H groups in total. The number of rotatable bonds is 3. The summed E-state index contributed by atoms with van der Waals surface area (Å²) in [5, 5.41) is 2.68. The van der Waals surface area contributed by atoms with Crippen molar-refractivity contribution in [3.63, 3.8) is 0 Å². The Morgan fingerprint density at radius 3 is 2.44 bits per heavy atom. The number of carbonyl (C=O) groups excluding carboxylic acids is 1. The summed E-state index contributed by atoms with van der Waals surface area (Å²) >= 11 is 0. The van der Waals surface area contributed by atoms with Crippen molar-refractivity contribution in [2.24, 2.45) is 0 Å². The van der Waals surface area contributed by atoms with Gasteiger partial charge in [0, 0.05) is 31.5 Å². The molecule has 4 nitrogen and oxygen atoms in total. The van der Waals surface area contributed by atoms with Crippen LogP contribution in [0.1, 0.15) is 30.7 Å². The van der Waals surface area contributed by atoms with E-state index in [0.29, 0.717) is 24.6 Å². The maximum Gasteiger partial charge on any atom is 0.419 e. The molecule has 27 heavy (non-hydrogen) atoms. The SMILES string of the molecule is C.C=O.COC1CCc2c(Nc3cc(F)c(C(F)(F)F)cc3F)c[nH]c2C1. The summed E-state index contributed by atoms with van der Waals surface area (Å²) in [5.41, 5.74) is 0.393. The lowest BCUT2D eigenvalue weighted by Crippen LogP contribution is -2.21. The molecule has 0 bridgehead atoms. The fourth-order valence-electron chi connectivity index (χ4n) is 2.92. The van der Waals surface area contributed by atoms with E-state index in [4.69, 9.17) is 9.53 Å². The molecule has 1 heterocycles. The zero-order valence-corrected chi connectivity index (χ0v) is 13.8. The molecule has 2 aromatic rings. The molecule has 9 heteroatoms. The number of H-pyrrole nitrogens is 1. The number of fused-ring (bicyclic) bond motifs is 1. The van der Waals surface area contributed by atoms with Gasteiger partial charge in [0.05, 0.1) is 23.0 Å². The maximum absolute atomic E-state index is 13.9. The number of anilines is 2. The molecule has 0 radical (unpaired) electrons. The molecule has 0 fully saturated rings. The van der Waals surface area contributed by atoms with Gasteiger partial charge in [0.15, 0.2) is 0 Å². The zero-order chi connectivity index (χ0) is 19.5. The average molecular weight is 392 g/mol. The van der Waals surface area contributed by atoms with Crippen LogP contribution < -0.4 is 5.32 Å². The molecular weight excluding hydrogens is 371 g/mol. The summed E-state index contributed by atoms with van der Waals surface area (Å²) in [4.78, 5) is 11.0. The molecule has 1 aliphatic carbocycles. The number of nitrogens with one attached hydrogen (secondary N) is 2. The van der Waals surface area contributed by atoms with Gasteiger partial charge in [-0.1, -0.05) is 7.43 Å². The van der Waals surface area contributed by atoms with Crippen molar-refractivity contribution in [1.29, 1.82) is 0 Å². The van der Waals surface area contributed by atoms with E-state index in [9.17, 15) is 22.0 Å². The van der Waals surface area contributed by atoms with E-state index < -0.39 is 23.4 Å². The number of halogens is 5. The van der Waals surface area contributed by atoms with Gasteiger partial charge in [-0.2, -0.15) is 13.2 Å². The number of methoxy groups -OCH3 is 1. The van der Waals surface area contributed by atoms with Crippen LogP contribution in [0.2, 0.25) is 0 Å². The third kappa shape index (κ3) is 4.85. The lowest BCUT2D eigenvalue weighted by molar-refractivity contribution is -0.140. The molecule has 1 aromatic heterocycles. The van der Waals surface area contributed by atoms with Gasteiger partial charge in [-0.3, -0.25) is 0 Å². The van der Waals surface area contributed by atoms with Crippen molar-refractivity contribution in [2.45, 2.75) is 39.0 Å². The molecule has 1 unspecified atom stereocenters. The monoisotopic (exact) mass is 392 g/mol. The van der Waals surface area contributed by atoms with Crippen LogP contribution in [0.25, 0.3) is 0 Å². The molecule has 0 spiro atoms. The Kier molecular flexibility index (Phi) is 7.53. The standard InChI is InChI=1S/C16H15F5N2O.CH2O.CH4/c1-24-8-2-3-9-13(4-8)22-7-15(9)23-14-6-11(17)10(5-12(14)18)16(19,20)21;1-2;/h5-8,22-23H,2-4H2,1H3;1H2;1H4. The smallest absolute Gasteiger partial charge is 0.381 e. The highest BCUT2D eigenvalue weighted by Crippen LogP contribution is 2.36. The van der Waals surface area contributed by atoms with Gasteiger partial charge in [0.2, 0.25) is 0 Å². The minimum atomic E-state index is -4.94. The van der Waals surface area contributed by atoms with Gasteiger partial charge in [0.1, 0.15) is 18.4 Å². The third-order valence-electron chi connectivity index (χ3n) is 4.19. The number of benzene rings is 1. The maximum atomic E-state index is 13.9. The van der Waals surface area contributed by atoms with Crippen LogP contribution in [-0.4, -0.2) is 25.0 Å². The van der Waals surface area contributed by atoms with Crippen LogP contribution >= 0.6 is 0 Å². The lowest BCUT2D eigenvalue weighted by Gasteiger charge is -2.21. The van der Waals surface area contributed by atoms with Crippen LogP contribution in [0.4, 0.5) is 33.3 Å². The van der Waals surface area contributed by atoms with Crippen LogP contribution in [0, 0.1) is 11.6 Å². The van der Waals surface area contributed by atoms with E-state index in [1.165, 1.54) is 0 Å². The number of aromatic amines is 1. The normalized spacial score (nSPS) is 15.9. The summed E-state index contributed by atoms with van der Waals surface area (Å²) in [7, 11) is 1.62. The van der Waals surface area contributed by atoms with Gasteiger partial charge in [-0.15, -0.1) is 0 Å². The molecule has 3 rings (SSSR count). The lowest BCUT2D eigenvalue weighted by atomic mass is 9.94. The molecule has 0 saturated heterocycles. The number of hydrogen-bond donors (Lipinski definition) is 2. The first-order valence-corrected chi connectivity index (χ1v) is 7.63. The van der Waals surface area contributed by atoms with Crippen molar-refractivity contribution < 1.29 is 31.5 Å². The molecule has 150 valence electrons. The Bertz CT molecular complexity index is 774. The second-order valence-electron chi connectivity index (χ2n) is 5.69. The first kappa shape index (κ1) is 22.6.